The molecule has 0 bridgehead atoms. The predicted molar refractivity (Wildman–Crippen MR) is 107 cm³/mol. The van der Waals surface area contributed by atoms with Crippen molar-refractivity contribution in [1.29, 1.82) is 0 Å². The number of amides is 1. The first kappa shape index (κ1) is 17.7. The summed E-state index contributed by atoms with van der Waals surface area (Å²) in [5, 5.41) is 15.2. The third-order valence-electron chi connectivity index (χ3n) is 4.05. The molecular weight excluding hydrogens is 382 g/mol. The molecule has 1 atom stereocenters. The van der Waals surface area contributed by atoms with E-state index in [1.165, 1.54) is 23.1 Å². The molecule has 1 N–H and O–H groups in total. The van der Waals surface area contributed by atoms with Gasteiger partial charge >= 0.3 is 0 Å². The molecule has 1 aromatic carbocycles. The van der Waals surface area contributed by atoms with Crippen LogP contribution in [-0.4, -0.2) is 30.9 Å². The lowest BCUT2D eigenvalue weighted by Gasteiger charge is -2.12. The molecule has 138 valence electrons. The van der Waals surface area contributed by atoms with Gasteiger partial charge in [0.15, 0.2) is 21.9 Å². The van der Waals surface area contributed by atoms with E-state index in [9.17, 15) is 4.79 Å². The third-order valence-corrected chi connectivity index (χ3v) is 6.14. The second kappa shape index (κ2) is 7.53. The molecule has 0 fully saturated rings. The number of furan rings is 1. The Kier molecular flexibility index (Phi) is 4.95. The normalized spacial score (nSPS) is 12.4. The molecule has 9 heteroatoms. The van der Waals surface area contributed by atoms with E-state index in [0.717, 1.165) is 11.0 Å². The largest absolute Gasteiger partial charge is 0.453 e. The van der Waals surface area contributed by atoms with Crippen molar-refractivity contribution in [1.82, 2.24) is 19.7 Å². The molecule has 4 aromatic rings. The van der Waals surface area contributed by atoms with Gasteiger partial charge in [-0.15, -0.1) is 21.5 Å². The van der Waals surface area contributed by atoms with Gasteiger partial charge in [0, 0.05) is 24.0 Å². The standard InChI is InChI=1S/C18H17N5O2S2/c1-3-14(16(24)20-17-19-8-9-26-17)27-18-22-21-15(23(18)2)13-10-11-6-4-5-7-12(11)25-13/h4-10,14H,3H2,1-2H3,(H,19,20,24)/t14-/m0/s1. The maximum atomic E-state index is 12.5. The minimum atomic E-state index is -0.291. The van der Waals surface area contributed by atoms with E-state index in [4.69, 9.17) is 4.42 Å². The zero-order valence-electron chi connectivity index (χ0n) is 14.7. The van der Waals surface area contributed by atoms with Crippen LogP contribution in [0.4, 0.5) is 5.13 Å². The number of thioether (sulfide) groups is 1. The van der Waals surface area contributed by atoms with Crippen molar-refractivity contribution in [3.8, 4) is 11.6 Å². The summed E-state index contributed by atoms with van der Waals surface area (Å²) in [7, 11) is 1.87. The van der Waals surface area contributed by atoms with Gasteiger partial charge in [-0.1, -0.05) is 36.9 Å². The number of nitrogens with zero attached hydrogens (tertiary/aromatic N) is 4. The Morgan fingerprint density at radius 1 is 1.37 bits per heavy atom. The first-order valence-electron chi connectivity index (χ1n) is 8.41. The van der Waals surface area contributed by atoms with E-state index in [2.05, 4.69) is 20.5 Å². The van der Waals surface area contributed by atoms with Crippen LogP contribution in [0.5, 0.6) is 0 Å². The van der Waals surface area contributed by atoms with Gasteiger partial charge in [0.2, 0.25) is 5.91 Å². The molecule has 1 amide bonds. The average molecular weight is 400 g/mol. The Morgan fingerprint density at radius 3 is 2.96 bits per heavy atom. The van der Waals surface area contributed by atoms with Crippen LogP contribution in [0.2, 0.25) is 0 Å². The summed E-state index contributed by atoms with van der Waals surface area (Å²) in [6.07, 6.45) is 2.32. The number of carbonyl (C=O) groups excluding carboxylic acids is 1. The van der Waals surface area contributed by atoms with Crippen molar-refractivity contribution in [3.05, 3.63) is 41.9 Å². The highest BCUT2D eigenvalue weighted by Gasteiger charge is 2.23. The lowest BCUT2D eigenvalue weighted by atomic mass is 10.2. The Morgan fingerprint density at radius 2 is 2.22 bits per heavy atom. The minimum absolute atomic E-state index is 0.0919. The zero-order valence-corrected chi connectivity index (χ0v) is 16.4. The number of fused-ring (bicyclic) bond motifs is 1. The number of anilines is 1. The second-order valence-electron chi connectivity index (χ2n) is 5.85. The SMILES string of the molecule is CC[C@H](Sc1nnc(-c2cc3ccccc3o2)n1C)C(=O)Nc1nccs1. The van der Waals surface area contributed by atoms with Gasteiger partial charge in [0.1, 0.15) is 5.58 Å². The average Bonchev–Trinajstić information content (AvgIpc) is 3.39. The highest BCUT2D eigenvalue weighted by Crippen LogP contribution is 2.30. The van der Waals surface area contributed by atoms with Gasteiger partial charge in [-0.25, -0.2) is 4.98 Å². The first-order valence-corrected chi connectivity index (χ1v) is 10.2. The lowest BCUT2D eigenvalue weighted by Crippen LogP contribution is -2.24. The first-order chi connectivity index (χ1) is 13.2. The second-order valence-corrected chi connectivity index (χ2v) is 7.92. The molecule has 0 aliphatic heterocycles. The van der Waals surface area contributed by atoms with Gasteiger partial charge < -0.3 is 14.3 Å². The fourth-order valence-electron chi connectivity index (χ4n) is 2.64. The minimum Gasteiger partial charge on any atom is -0.453 e. The summed E-state index contributed by atoms with van der Waals surface area (Å²) in [5.41, 5.74) is 0.805. The van der Waals surface area contributed by atoms with E-state index >= 15 is 0 Å². The fraction of sp³-hybridized carbons (Fsp3) is 0.222. The molecule has 3 heterocycles. The summed E-state index contributed by atoms with van der Waals surface area (Å²) in [6, 6.07) is 9.75. The number of benzene rings is 1. The zero-order chi connectivity index (χ0) is 18.8. The summed E-state index contributed by atoms with van der Waals surface area (Å²) in [6.45, 7) is 1.97. The number of rotatable bonds is 6. The van der Waals surface area contributed by atoms with E-state index < -0.39 is 0 Å². The number of hydrogen-bond donors (Lipinski definition) is 1. The smallest absolute Gasteiger partial charge is 0.239 e. The Bertz CT molecular complexity index is 1040. The number of thiazole rings is 1. The topological polar surface area (TPSA) is 85.8 Å². The van der Waals surface area contributed by atoms with Gasteiger partial charge in [-0.2, -0.15) is 0 Å². The van der Waals surface area contributed by atoms with E-state index in [1.54, 1.807) is 6.20 Å². The molecule has 0 aliphatic carbocycles. The fourth-order valence-corrected chi connectivity index (χ4v) is 4.10. The Labute approximate surface area is 163 Å². The Hall–Kier alpha value is -2.65. The molecule has 27 heavy (non-hydrogen) atoms. The highest BCUT2D eigenvalue weighted by atomic mass is 32.2. The highest BCUT2D eigenvalue weighted by molar-refractivity contribution is 8.00. The summed E-state index contributed by atoms with van der Waals surface area (Å²) < 4.78 is 7.73. The van der Waals surface area contributed by atoms with Crippen LogP contribution in [0.25, 0.3) is 22.6 Å². The lowest BCUT2D eigenvalue weighted by molar-refractivity contribution is -0.115. The summed E-state index contributed by atoms with van der Waals surface area (Å²) in [5.74, 6) is 1.19. The summed E-state index contributed by atoms with van der Waals surface area (Å²) >= 11 is 2.77. The van der Waals surface area contributed by atoms with E-state index in [1.807, 2.05) is 54.3 Å². The van der Waals surface area contributed by atoms with Crippen LogP contribution in [0.3, 0.4) is 0 Å². The molecule has 0 aliphatic rings. The van der Waals surface area contributed by atoms with Crippen LogP contribution in [0.1, 0.15) is 13.3 Å². The van der Waals surface area contributed by atoms with Crippen molar-refractivity contribution in [2.45, 2.75) is 23.8 Å². The number of nitrogens with one attached hydrogen (secondary N) is 1. The van der Waals surface area contributed by atoms with Crippen LogP contribution < -0.4 is 5.32 Å². The van der Waals surface area contributed by atoms with Gasteiger partial charge in [-0.3, -0.25) is 4.79 Å². The van der Waals surface area contributed by atoms with E-state index in [0.29, 0.717) is 28.3 Å². The van der Waals surface area contributed by atoms with Crippen molar-refractivity contribution in [3.63, 3.8) is 0 Å². The third kappa shape index (κ3) is 3.60. The van der Waals surface area contributed by atoms with Gasteiger partial charge in [0.25, 0.3) is 0 Å². The van der Waals surface area contributed by atoms with Crippen LogP contribution in [-0.2, 0) is 11.8 Å². The van der Waals surface area contributed by atoms with Crippen molar-refractivity contribution in [2.75, 3.05) is 5.32 Å². The molecule has 0 saturated heterocycles. The number of carbonyl (C=O) groups is 1. The summed E-state index contributed by atoms with van der Waals surface area (Å²) in [4.78, 5) is 16.6. The number of hydrogen-bond acceptors (Lipinski definition) is 7. The monoisotopic (exact) mass is 399 g/mol. The van der Waals surface area contributed by atoms with Crippen LogP contribution in [0.15, 0.2) is 51.5 Å². The molecule has 0 radical (unpaired) electrons. The molecular formula is C18H17N5O2S2. The predicted octanol–water partition coefficient (Wildman–Crippen LogP) is 4.19. The van der Waals surface area contributed by atoms with E-state index in [-0.39, 0.29) is 11.2 Å². The molecule has 3 aromatic heterocycles. The quantitative estimate of drug-likeness (QED) is 0.489. The molecule has 0 saturated carbocycles. The van der Waals surface area contributed by atoms with Crippen LogP contribution in [0, 0.1) is 0 Å². The van der Waals surface area contributed by atoms with Crippen LogP contribution >= 0.6 is 23.1 Å². The molecule has 0 unspecified atom stereocenters. The molecule has 0 spiro atoms. The molecule has 4 rings (SSSR count). The number of aromatic nitrogens is 4. The number of para-hydroxylation sites is 1. The van der Waals surface area contributed by atoms with Crippen molar-refractivity contribution >= 4 is 45.1 Å². The Balaban J connectivity index is 1.55. The van der Waals surface area contributed by atoms with Gasteiger partial charge in [-0.05, 0) is 18.6 Å². The maximum Gasteiger partial charge on any atom is 0.239 e. The van der Waals surface area contributed by atoms with Crippen molar-refractivity contribution < 1.29 is 9.21 Å². The van der Waals surface area contributed by atoms with Crippen molar-refractivity contribution in [2.24, 2.45) is 7.05 Å². The maximum absolute atomic E-state index is 12.5. The van der Waals surface area contributed by atoms with Gasteiger partial charge in [0.05, 0.1) is 5.25 Å². The molecule has 7 nitrogen and oxygen atoms in total.